The van der Waals surface area contributed by atoms with Crippen LogP contribution >= 0.6 is 23.1 Å². The minimum atomic E-state index is -0.232. The minimum absolute atomic E-state index is 0.00418. The molecule has 108 valence electrons. The first kappa shape index (κ1) is 15.4. The van der Waals surface area contributed by atoms with Crippen LogP contribution in [0.2, 0.25) is 5.02 Å². The van der Waals surface area contributed by atoms with Gasteiger partial charge < -0.3 is 5.32 Å². The summed E-state index contributed by atoms with van der Waals surface area (Å²) < 4.78 is 17.9. The summed E-state index contributed by atoms with van der Waals surface area (Å²) in [6.07, 6.45) is 2.44. The number of hydrogen-bond donors (Lipinski definition) is 1. The second-order valence-electron chi connectivity index (χ2n) is 4.61. The average Bonchev–Trinajstić information content (AvgIpc) is 2.88. The van der Waals surface area contributed by atoms with Crippen LogP contribution in [0.25, 0.3) is 0 Å². The molecule has 0 spiro atoms. The molecule has 1 aromatic heterocycles. The zero-order valence-corrected chi connectivity index (χ0v) is 13.1. The van der Waals surface area contributed by atoms with E-state index >= 15 is 0 Å². The van der Waals surface area contributed by atoms with Gasteiger partial charge in [-0.25, -0.2) is 4.39 Å². The quantitative estimate of drug-likeness (QED) is 0.881. The van der Waals surface area contributed by atoms with Gasteiger partial charge >= 0.3 is 0 Å². The van der Waals surface area contributed by atoms with Crippen LogP contribution in [0.5, 0.6) is 0 Å². The lowest BCUT2D eigenvalue weighted by Gasteiger charge is -2.16. The summed E-state index contributed by atoms with van der Waals surface area (Å²) in [5, 5.41) is 7.93. The summed E-state index contributed by atoms with van der Waals surface area (Å²) >= 11 is 7.31. The van der Waals surface area contributed by atoms with E-state index in [2.05, 4.69) is 21.8 Å². The Bertz CT molecular complexity index is 573. The van der Waals surface area contributed by atoms with E-state index in [-0.39, 0.29) is 11.9 Å². The Hall–Kier alpha value is -1.04. The zero-order valence-electron chi connectivity index (χ0n) is 11.5. The summed E-state index contributed by atoms with van der Waals surface area (Å²) in [4.78, 5) is 1.08. The zero-order chi connectivity index (χ0) is 14.5. The fraction of sp³-hybridized carbons (Fsp3) is 0.429. The van der Waals surface area contributed by atoms with Gasteiger partial charge in [-0.15, -0.1) is 5.10 Å². The van der Waals surface area contributed by atoms with Gasteiger partial charge in [-0.1, -0.05) is 29.4 Å². The second kappa shape index (κ2) is 7.11. The molecule has 0 saturated heterocycles. The SMILES string of the molecule is CCCc1nnsc1C(Cc1cc(Cl)ccc1F)NC. The fourth-order valence-electron chi connectivity index (χ4n) is 2.14. The molecule has 2 rings (SSSR count). The van der Waals surface area contributed by atoms with Crippen molar-refractivity contribution in [2.45, 2.75) is 32.2 Å². The Morgan fingerprint density at radius 2 is 2.25 bits per heavy atom. The molecule has 0 aliphatic carbocycles. The predicted molar refractivity (Wildman–Crippen MR) is 80.8 cm³/mol. The molecule has 3 nitrogen and oxygen atoms in total. The van der Waals surface area contributed by atoms with Crippen molar-refractivity contribution in [1.29, 1.82) is 0 Å². The van der Waals surface area contributed by atoms with Gasteiger partial charge in [0.2, 0.25) is 0 Å². The maximum absolute atomic E-state index is 13.8. The highest BCUT2D eigenvalue weighted by molar-refractivity contribution is 7.05. The van der Waals surface area contributed by atoms with Gasteiger partial charge in [-0.3, -0.25) is 0 Å². The molecule has 1 aromatic carbocycles. The Labute approximate surface area is 127 Å². The van der Waals surface area contributed by atoms with Crippen molar-refractivity contribution in [3.8, 4) is 0 Å². The lowest BCUT2D eigenvalue weighted by atomic mass is 10.0. The highest BCUT2D eigenvalue weighted by Crippen LogP contribution is 2.26. The summed E-state index contributed by atoms with van der Waals surface area (Å²) in [5.41, 5.74) is 1.60. The molecule has 1 heterocycles. The normalized spacial score (nSPS) is 12.6. The minimum Gasteiger partial charge on any atom is -0.312 e. The number of halogens is 2. The monoisotopic (exact) mass is 313 g/mol. The molecule has 0 aliphatic rings. The average molecular weight is 314 g/mol. The van der Waals surface area contributed by atoms with Crippen LogP contribution in [-0.4, -0.2) is 16.6 Å². The molecular weight excluding hydrogens is 297 g/mol. The van der Waals surface area contributed by atoms with Crippen LogP contribution in [0, 0.1) is 5.82 Å². The topological polar surface area (TPSA) is 37.8 Å². The molecule has 0 radical (unpaired) electrons. The number of rotatable bonds is 6. The first-order chi connectivity index (χ1) is 9.65. The fourth-order valence-corrected chi connectivity index (χ4v) is 3.13. The Balaban J connectivity index is 2.24. The van der Waals surface area contributed by atoms with Crippen LogP contribution < -0.4 is 5.32 Å². The van der Waals surface area contributed by atoms with Crippen LogP contribution in [-0.2, 0) is 12.8 Å². The maximum atomic E-state index is 13.8. The van der Waals surface area contributed by atoms with Crippen LogP contribution in [0.4, 0.5) is 4.39 Å². The molecule has 1 atom stereocenters. The van der Waals surface area contributed by atoms with Crippen LogP contribution in [0.3, 0.4) is 0 Å². The van der Waals surface area contributed by atoms with Crippen molar-refractivity contribution >= 4 is 23.1 Å². The highest BCUT2D eigenvalue weighted by atomic mass is 35.5. The number of likely N-dealkylation sites (N-methyl/N-ethyl adjacent to an activating group) is 1. The summed E-state index contributed by atoms with van der Waals surface area (Å²) in [6, 6.07) is 4.65. The Morgan fingerprint density at radius 1 is 1.45 bits per heavy atom. The van der Waals surface area contributed by atoms with E-state index in [1.807, 2.05) is 7.05 Å². The smallest absolute Gasteiger partial charge is 0.126 e. The van der Waals surface area contributed by atoms with Crippen molar-refractivity contribution in [3.63, 3.8) is 0 Å². The standard InChI is InChI=1S/C14H17ClFN3S/c1-3-4-12-14(20-19-18-12)13(17-2)8-9-7-10(15)5-6-11(9)16/h5-7,13,17H,3-4,8H2,1-2H3. The third-order valence-corrected chi connectivity index (χ3v) is 4.28. The van der Waals surface area contributed by atoms with Crippen molar-refractivity contribution in [3.05, 3.63) is 45.2 Å². The van der Waals surface area contributed by atoms with Crippen molar-refractivity contribution in [1.82, 2.24) is 14.9 Å². The van der Waals surface area contributed by atoms with Crippen molar-refractivity contribution in [2.75, 3.05) is 7.05 Å². The summed E-state index contributed by atoms with van der Waals surface area (Å²) in [6.45, 7) is 2.11. The van der Waals surface area contributed by atoms with Gasteiger partial charge in [0.25, 0.3) is 0 Å². The lowest BCUT2D eigenvalue weighted by Crippen LogP contribution is -2.19. The third kappa shape index (κ3) is 3.53. The first-order valence-corrected chi connectivity index (χ1v) is 7.73. The van der Waals surface area contributed by atoms with E-state index in [4.69, 9.17) is 11.6 Å². The van der Waals surface area contributed by atoms with Crippen molar-refractivity contribution < 1.29 is 4.39 Å². The van der Waals surface area contributed by atoms with E-state index in [0.29, 0.717) is 17.0 Å². The van der Waals surface area contributed by atoms with Gasteiger partial charge in [0, 0.05) is 11.1 Å². The van der Waals surface area contributed by atoms with E-state index in [9.17, 15) is 4.39 Å². The molecule has 20 heavy (non-hydrogen) atoms. The van der Waals surface area contributed by atoms with Gasteiger partial charge in [-0.05, 0) is 55.2 Å². The van der Waals surface area contributed by atoms with E-state index in [0.717, 1.165) is 23.4 Å². The number of benzene rings is 1. The van der Waals surface area contributed by atoms with E-state index < -0.39 is 0 Å². The number of nitrogens with zero attached hydrogens (tertiary/aromatic N) is 2. The van der Waals surface area contributed by atoms with E-state index in [1.165, 1.54) is 17.6 Å². The molecule has 0 aliphatic heterocycles. The molecule has 1 unspecified atom stereocenters. The van der Waals surface area contributed by atoms with Crippen LogP contribution in [0.1, 0.15) is 35.5 Å². The molecule has 2 aromatic rings. The number of aryl methyl sites for hydroxylation is 1. The summed E-state index contributed by atoms with van der Waals surface area (Å²) in [7, 11) is 1.86. The second-order valence-corrected chi connectivity index (χ2v) is 5.84. The summed E-state index contributed by atoms with van der Waals surface area (Å²) in [5.74, 6) is -0.232. The van der Waals surface area contributed by atoms with Gasteiger partial charge in [-0.2, -0.15) is 0 Å². The van der Waals surface area contributed by atoms with Gasteiger partial charge in [0.05, 0.1) is 10.6 Å². The molecule has 6 heteroatoms. The van der Waals surface area contributed by atoms with Crippen molar-refractivity contribution in [2.24, 2.45) is 0 Å². The molecular formula is C14H17ClFN3S. The molecule has 0 fully saturated rings. The van der Waals surface area contributed by atoms with Gasteiger partial charge in [0.1, 0.15) is 5.82 Å². The lowest BCUT2D eigenvalue weighted by molar-refractivity contribution is 0.555. The predicted octanol–water partition coefficient (Wildman–Crippen LogP) is 3.79. The molecule has 1 N–H and O–H groups in total. The van der Waals surface area contributed by atoms with Crippen LogP contribution in [0.15, 0.2) is 18.2 Å². The molecule has 0 saturated carbocycles. The molecule has 0 amide bonds. The largest absolute Gasteiger partial charge is 0.312 e. The maximum Gasteiger partial charge on any atom is 0.126 e. The van der Waals surface area contributed by atoms with E-state index in [1.54, 1.807) is 12.1 Å². The highest BCUT2D eigenvalue weighted by Gasteiger charge is 2.19. The Kier molecular flexibility index (Phi) is 5.46. The number of nitrogens with one attached hydrogen (secondary N) is 1. The number of aromatic nitrogens is 2. The third-order valence-electron chi connectivity index (χ3n) is 3.17. The number of hydrogen-bond acceptors (Lipinski definition) is 4. The van der Waals surface area contributed by atoms with Gasteiger partial charge in [0.15, 0.2) is 0 Å². The first-order valence-electron chi connectivity index (χ1n) is 6.58. The molecule has 0 bridgehead atoms. The Morgan fingerprint density at radius 3 is 2.95 bits per heavy atom.